The second-order valence-electron chi connectivity index (χ2n) is 5.00. The number of para-hydroxylation sites is 1. The van der Waals surface area contributed by atoms with Crippen LogP contribution in [-0.4, -0.2) is 35.3 Å². The number of anilines is 1. The van der Waals surface area contributed by atoms with Gasteiger partial charge in [0, 0.05) is 22.9 Å². The number of fused-ring (bicyclic) bond motifs is 1. The lowest BCUT2D eigenvalue weighted by Crippen LogP contribution is -2.45. The number of nitrogens with zero attached hydrogens (tertiary/aromatic N) is 3. The Bertz CT molecular complexity index is 594. The van der Waals surface area contributed by atoms with Crippen molar-refractivity contribution in [3.63, 3.8) is 0 Å². The van der Waals surface area contributed by atoms with Crippen LogP contribution in [0.15, 0.2) is 29.0 Å². The molecule has 0 amide bonds. The van der Waals surface area contributed by atoms with Crippen LogP contribution >= 0.6 is 15.9 Å². The molecule has 100 valence electrons. The summed E-state index contributed by atoms with van der Waals surface area (Å²) in [5, 5.41) is 1.08. The van der Waals surface area contributed by atoms with E-state index in [-0.39, 0.29) is 12.2 Å². The molecule has 2 heterocycles. The summed E-state index contributed by atoms with van der Waals surface area (Å²) >= 11 is 3.55. The molecule has 1 aliphatic rings. The first-order chi connectivity index (χ1) is 9.15. The minimum absolute atomic E-state index is 0.223. The van der Waals surface area contributed by atoms with Gasteiger partial charge in [-0.1, -0.05) is 6.07 Å². The fourth-order valence-electron chi connectivity index (χ4n) is 2.64. The van der Waals surface area contributed by atoms with Gasteiger partial charge in [0.15, 0.2) is 0 Å². The van der Waals surface area contributed by atoms with E-state index in [0.717, 1.165) is 34.3 Å². The zero-order valence-corrected chi connectivity index (χ0v) is 12.6. The molecule has 0 saturated carbocycles. The maximum Gasteiger partial charge on any atom is 0.140 e. The fourth-order valence-corrected chi connectivity index (χ4v) is 3.11. The van der Waals surface area contributed by atoms with Gasteiger partial charge >= 0.3 is 0 Å². The van der Waals surface area contributed by atoms with Gasteiger partial charge in [-0.25, -0.2) is 9.97 Å². The van der Waals surface area contributed by atoms with E-state index < -0.39 is 0 Å². The molecule has 19 heavy (non-hydrogen) atoms. The van der Waals surface area contributed by atoms with Crippen LogP contribution in [0.4, 0.5) is 5.82 Å². The molecular weight excluding hydrogens is 306 g/mol. The average Bonchev–Trinajstić information content (AvgIpc) is 2.37. The molecule has 2 atom stereocenters. The highest BCUT2D eigenvalue weighted by Crippen LogP contribution is 2.29. The van der Waals surface area contributed by atoms with Crippen LogP contribution in [0, 0.1) is 0 Å². The molecule has 0 spiro atoms. The Morgan fingerprint density at radius 3 is 2.68 bits per heavy atom. The van der Waals surface area contributed by atoms with Crippen LogP contribution in [0.5, 0.6) is 0 Å². The summed E-state index contributed by atoms with van der Waals surface area (Å²) in [6.45, 7) is 5.93. The van der Waals surface area contributed by atoms with Crippen LogP contribution in [0.1, 0.15) is 13.8 Å². The van der Waals surface area contributed by atoms with Gasteiger partial charge in [-0.15, -0.1) is 0 Å². The zero-order valence-electron chi connectivity index (χ0n) is 11.0. The van der Waals surface area contributed by atoms with Crippen molar-refractivity contribution in [2.45, 2.75) is 26.1 Å². The molecule has 2 aromatic rings. The van der Waals surface area contributed by atoms with Gasteiger partial charge in [-0.3, -0.25) is 0 Å². The molecule has 0 radical (unpaired) electrons. The first kappa shape index (κ1) is 12.8. The summed E-state index contributed by atoms with van der Waals surface area (Å²) in [7, 11) is 0. The number of ether oxygens (including phenoxy) is 1. The number of hydrogen-bond donors (Lipinski definition) is 0. The van der Waals surface area contributed by atoms with E-state index in [1.807, 2.05) is 12.1 Å². The van der Waals surface area contributed by atoms with Gasteiger partial charge < -0.3 is 9.64 Å². The first-order valence-electron chi connectivity index (χ1n) is 6.45. The Kier molecular flexibility index (Phi) is 3.41. The zero-order chi connectivity index (χ0) is 13.4. The summed E-state index contributed by atoms with van der Waals surface area (Å²) in [6, 6.07) is 6.09. The lowest BCUT2D eigenvalue weighted by atomic mass is 10.2. The first-order valence-corrected chi connectivity index (χ1v) is 7.24. The SMILES string of the molecule is C[C@@H]1CN(c2ncnc3c(Br)cccc23)C[C@H](C)O1. The number of morpholine rings is 1. The van der Waals surface area contributed by atoms with Crippen LogP contribution in [0.3, 0.4) is 0 Å². The van der Waals surface area contributed by atoms with Gasteiger partial charge in [0.25, 0.3) is 0 Å². The van der Waals surface area contributed by atoms with Gasteiger partial charge in [-0.05, 0) is 41.9 Å². The third kappa shape index (κ3) is 2.44. The van der Waals surface area contributed by atoms with Gasteiger partial charge in [0.1, 0.15) is 12.1 Å². The normalized spacial score (nSPS) is 23.8. The highest BCUT2D eigenvalue weighted by Gasteiger charge is 2.24. The molecule has 1 aliphatic heterocycles. The predicted octanol–water partition coefficient (Wildman–Crippen LogP) is 3.01. The maximum atomic E-state index is 5.78. The Hall–Kier alpha value is -1.20. The standard InChI is InChI=1S/C14H16BrN3O/c1-9-6-18(7-10(2)19-9)14-11-4-3-5-12(15)13(11)16-8-17-14/h3-5,8-10H,6-7H2,1-2H3/t9-,10+. The third-order valence-electron chi connectivity index (χ3n) is 3.31. The van der Waals surface area contributed by atoms with Crippen LogP contribution < -0.4 is 4.90 Å². The molecular formula is C14H16BrN3O. The van der Waals surface area contributed by atoms with Gasteiger partial charge in [0.05, 0.1) is 17.7 Å². The monoisotopic (exact) mass is 321 g/mol. The number of halogens is 1. The van der Waals surface area contributed by atoms with E-state index in [0.29, 0.717) is 0 Å². The van der Waals surface area contributed by atoms with Crippen LogP contribution in [0.25, 0.3) is 10.9 Å². The van der Waals surface area contributed by atoms with E-state index >= 15 is 0 Å². The predicted molar refractivity (Wildman–Crippen MR) is 79.5 cm³/mol. The van der Waals surface area contributed by atoms with Crippen molar-refractivity contribution in [2.75, 3.05) is 18.0 Å². The van der Waals surface area contributed by atoms with Gasteiger partial charge in [-0.2, -0.15) is 0 Å². The quantitative estimate of drug-likeness (QED) is 0.809. The minimum Gasteiger partial charge on any atom is -0.372 e. The van der Waals surface area contributed by atoms with E-state index in [1.54, 1.807) is 6.33 Å². The molecule has 4 nitrogen and oxygen atoms in total. The Labute approximate surface area is 120 Å². The van der Waals surface area contributed by atoms with E-state index in [1.165, 1.54) is 0 Å². The van der Waals surface area contributed by atoms with Crippen LogP contribution in [-0.2, 0) is 4.74 Å². The second-order valence-corrected chi connectivity index (χ2v) is 5.85. The summed E-state index contributed by atoms with van der Waals surface area (Å²) < 4.78 is 6.78. The number of hydrogen-bond acceptors (Lipinski definition) is 4. The smallest absolute Gasteiger partial charge is 0.140 e. The molecule has 3 rings (SSSR count). The molecule has 1 aromatic carbocycles. The van der Waals surface area contributed by atoms with Crippen molar-refractivity contribution in [1.29, 1.82) is 0 Å². The molecule has 0 unspecified atom stereocenters. The van der Waals surface area contributed by atoms with Crippen molar-refractivity contribution in [2.24, 2.45) is 0 Å². The van der Waals surface area contributed by atoms with E-state index in [2.05, 4.69) is 50.7 Å². The lowest BCUT2D eigenvalue weighted by molar-refractivity contribution is -0.00537. The topological polar surface area (TPSA) is 38.2 Å². The van der Waals surface area contributed by atoms with Crippen molar-refractivity contribution < 1.29 is 4.74 Å². The van der Waals surface area contributed by atoms with Crippen LogP contribution in [0.2, 0.25) is 0 Å². The average molecular weight is 322 g/mol. The van der Waals surface area contributed by atoms with E-state index in [4.69, 9.17) is 4.74 Å². The summed E-state index contributed by atoms with van der Waals surface area (Å²) in [6.07, 6.45) is 2.08. The molecule has 0 bridgehead atoms. The van der Waals surface area contributed by atoms with Crippen molar-refractivity contribution in [3.05, 3.63) is 29.0 Å². The lowest BCUT2D eigenvalue weighted by Gasteiger charge is -2.36. The van der Waals surface area contributed by atoms with Crippen molar-refractivity contribution in [3.8, 4) is 0 Å². The second kappa shape index (κ2) is 5.06. The molecule has 1 saturated heterocycles. The minimum atomic E-state index is 0.223. The largest absolute Gasteiger partial charge is 0.372 e. The number of rotatable bonds is 1. The molecule has 0 aliphatic carbocycles. The summed E-state index contributed by atoms with van der Waals surface area (Å²) in [4.78, 5) is 11.1. The fraction of sp³-hybridized carbons (Fsp3) is 0.429. The Balaban J connectivity index is 2.07. The Morgan fingerprint density at radius 2 is 1.95 bits per heavy atom. The van der Waals surface area contributed by atoms with Crippen molar-refractivity contribution in [1.82, 2.24) is 9.97 Å². The van der Waals surface area contributed by atoms with E-state index in [9.17, 15) is 0 Å². The Morgan fingerprint density at radius 1 is 1.21 bits per heavy atom. The summed E-state index contributed by atoms with van der Waals surface area (Å²) in [5.74, 6) is 0.994. The molecule has 1 aromatic heterocycles. The highest BCUT2D eigenvalue weighted by molar-refractivity contribution is 9.10. The number of benzene rings is 1. The van der Waals surface area contributed by atoms with Crippen molar-refractivity contribution >= 4 is 32.7 Å². The highest BCUT2D eigenvalue weighted by atomic mass is 79.9. The molecule has 5 heteroatoms. The maximum absolute atomic E-state index is 5.78. The van der Waals surface area contributed by atoms with Gasteiger partial charge in [0.2, 0.25) is 0 Å². The number of aromatic nitrogens is 2. The molecule has 1 fully saturated rings. The third-order valence-corrected chi connectivity index (χ3v) is 3.95. The summed E-state index contributed by atoms with van der Waals surface area (Å²) in [5.41, 5.74) is 0.958. The molecule has 0 N–H and O–H groups in total.